The molecule has 1 amide bonds. The van der Waals surface area contributed by atoms with Crippen molar-refractivity contribution in [1.82, 2.24) is 9.69 Å². The van der Waals surface area contributed by atoms with Crippen molar-refractivity contribution in [2.75, 3.05) is 42.3 Å². The van der Waals surface area contributed by atoms with Crippen LogP contribution >= 0.6 is 23.3 Å². The molecule has 0 aliphatic carbocycles. The molecule has 0 saturated carbocycles. The van der Waals surface area contributed by atoms with E-state index in [4.69, 9.17) is 5.73 Å². The first-order valence-electron chi connectivity index (χ1n) is 5.04. The molecule has 0 radical (unpaired) electrons. The number of carbonyl (C=O) groups excluding carboxylic acids is 1. The van der Waals surface area contributed by atoms with Crippen LogP contribution in [0, 0.1) is 0 Å². The van der Waals surface area contributed by atoms with E-state index in [0.29, 0.717) is 11.4 Å². The molecule has 0 bridgehead atoms. The summed E-state index contributed by atoms with van der Waals surface area (Å²) in [6.07, 6.45) is 0. The number of anilines is 2. The topological polar surface area (TPSA) is 71.2 Å². The maximum Gasteiger partial charge on any atom is 0.257 e. The molecule has 88 valence electrons. The largest absolute Gasteiger partial charge is 0.382 e. The van der Waals surface area contributed by atoms with Gasteiger partial charge in [0.1, 0.15) is 10.6 Å². The van der Waals surface area contributed by atoms with Crippen molar-refractivity contribution in [1.29, 1.82) is 0 Å². The van der Waals surface area contributed by atoms with Crippen LogP contribution in [0.5, 0.6) is 0 Å². The van der Waals surface area contributed by atoms with Gasteiger partial charge in [-0.2, -0.15) is 16.1 Å². The van der Waals surface area contributed by atoms with Crippen LogP contribution in [0.25, 0.3) is 0 Å². The standard InChI is InChI=1S/C9H14N4OS2/c1-11-8(14)6-7(10)12-16-9(6)13-2-4-15-5-3-13/h2-5H2,1H3,(H2,10,12)(H,11,14). The van der Waals surface area contributed by atoms with E-state index in [1.54, 1.807) is 7.05 Å². The van der Waals surface area contributed by atoms with Gasteiger partial charge in [-0.3, -0.25) is 4.79 Å². The number of thioether (sulfide) groups is 1. The van der Waals surface area contributed by atoms with Gasteiger partial charge in [0.15, 0.2) is 5.82 Å². The summed E-state index contributed by atoms with van der Waals surface area (Å²) in [5, 5.41) is 3.50. The maximum absolute atomic E-state index is 11.7. The van der Waals surface area contributed by atoms with Crippen LogP contribution in [0.1, 0.15) is 10.4 Å². The highest BCUT2D eigenvalue weighted by Crippen LogP contribution is 2.31. The molecule has 1 aliphatic rings. The number of hydrogen-bond donors (Lipinski definition) is 2. The summed E-state index contributed by atoms with van der Waals surface area (Å²) in [7, 11) is 1.61. The molecule has 5 nitrogen and oxygen atoms in total. The molecule has 0 aromatic carbocycles. The van der Waals surface area contributed by atoms with Crippen LogP contribution < -0.4 is 16.0 Å². The number of nitrogens with two attached hydrogens (primary N) is 1. The van der Waals surface area contributed by atoms with Gasteiger partial charge >= 0.3 is 0 Å². The molecule has 1 saturated heterocycles. The van der Waals surface area contributed by atoms with Crippen LogP contribution in [0.2, 0.25) is 0 Å². The minimum Gasteiger partial charge on any atom is -0.382 e. The predicted molar refractivity (Wildman–Crippen MR) is 69.5 cm³/mol. The predicted octanol–water partition coefficient (Wildman–Crippen LogP) is 0.638. The molecule has 3 N–H and O–H groups in total. The Labute approximate surface area is 103 Å². The summed E-state index contributed by atoms with van der Waals surface area (Å²) in [5.74, 6) is 2.35. The van der Waals surface area contributed by atoms with Crippen molar-refractivity contribution >= 4 is 40.0 Å². The Balaban J connectivity index is 2.29. The third-order valence-electron chi connectivity index (χ3n) is 2.45. The molecule has 1 aromatic heterocycles. The van der Waals surface area contributed by atoms with Crippen molar-refractivity contribution in [3.05, 3.63) is 5.56 Å². The quantitative estimate of drug-likeness (QED) is 0.814. The van der Waals surface area contributed by atoms with Crippen LogP contribution in [-0.2, 0) is 0 Å². The van der Waals surface area contributed by atoms with Gasteiger partial charge in [0.05, 0.1) is 0 Å². The van der Waals surface area contributed by atoms with Crippen molar-refractivity contribution in [3.63, 3.8) is 0 Å². The Morgan fingerprint density at radius 1 is 1.50 bits per heavy atom. The Hall–Kier alpha value is -0.950. The average molecular weight is 258 g/mol. The highest BCUT2D eigenvalue weighted by atomic mass is 32.2. The summed E-state index contributed by atoms with van der Waals surface area (Å²) >= 11 is 3.24. The Kier molecular flexibility index (Phi) is 3.55. The van der Waals surface area contributed by atoms with Crippen LogP contribution in [0.3, 0.4) is 0 Å². The molecule has 0 atom stereocenters. The van der Waals surface area contributed by atoms with E-state index in [2.05, 4.69) is 14.6 Å². The number of nitrogens with zero attached hydrogens (tertiary/aromatic N) is 2. The van der Waals surface area contributed by atoms with Crippen molar-refractivity contribution < 1.29 is 4.79 Å². The number of aromatic nitrogens is 1. The number of hydrogen-bond acceptors (Lipinski definition) is 6. The number of nitrogen functional groups attached to an aromatic ring is 1. The van der Waals surface area contributed by atoms with Gasteiger partial charge in [0.2, 0.25) is 0 Å². The number of carbonyl (C=O) groups is 1. The van der Waals surface area contributed by atoms with Gasteiger partial charge < -0.3 is 16.0 Å². The number of rotatable bonds is 2. The zero-order valence-electron chi connectivity index (χ0n) is 9.02. The second-order valence-corrected chi connectivity index (χ2v) is 5.40. The van der Waals surface area contributed by atoms with Gasteiger partial charge in [-0.25, -0.2) is 0 Å². The van der Waals surface area contributed by atoms with Crippen molar-refractivity contribution in [3.8, 4) is 0 Å². The van der Waals surface area contributed by atoms with E-state index in [1.807, 2.05) is 11.8 Å². The van der Waals surface area contributed by atoms with E-state index in [0.717, 1.165) is 29.6 Å². The third kappa shape index (κ3) is 2.10. The lowest BCUT2D eigenvalue weighted by Crippen LogP contribution is -2.33. The highest BCUT2D eigenvalue weighted by molar-refractivity contribution is 7.99. The Bertz CT molecular complexity index is 387. The first-order chi connectivity index (χ1) is 7.74. The third-order valence-corrected chi connectivity index (χ3v) is 4.32. The minimum absolute atomic E-state index is 0.153. The van der Waals surface area contributed by atoms with Crippen LogP contribution in [0.15, 0.2) is 0 Å². The summed E-state index contributed by atoms with van der Waals surface area (Å²) in [6.45, 7) is 1.91. The summed E-state index contributed by atoms with van der Waals surface area (Å²) < 4.78 is 4.07. The number of amides is 1. The fraction of sp³-hybridized carbons (Fsp3) is 0.556. The van der Waals surface area contributed by atoms with E-state index >= 15 is 0 Å². The SMILES string of the molecule is CNC(=O)c1c(N)nsc1N1CCSCC1. The second-order valence-electron chi connectivity index (χ2n) is 3.43. The van der Waals surface area contributed by atoms with Gasteiger partial charge in [-0.05, 0) is 11.5 Å². The summed E-state index contributed by atoms with van der Waals surface area (Å²) in [5.41, 5.74) is 6.26. The fourth-order valence-corrected chi connectivity index (χ4v) is 3.38. The zero-order valence-corrected chi connectivity index (χ0v) is 10.7. The van der Waals surface area contributed by atoms with Crippen LogP contribution in [0.4, 0.5) is 10.8 Å². The molecule has 1 aliphatic heterocycles. The molecule has 0 unspecified atom stereocenters. The van der Waals surface area contributed by atoms with E-state index in [1.165, 1.54) is 11.5 Å². The van der Waals surface area contributed by atoms with Crippen molar-refractivity contribution in [2.24, 2.45) is 0 Å². The molecule has 1 aromatic rings. The van der Waals surface area contributed by atoms with Gasteiger partial charge in [-0.15, -0.1) is 0 Å². The molecular formula is C9H14N4OS2. The summed E-state index contributed by atoms with van der Waals surface area (Å²) in [4.78, 5) is 13.9. The van der Waals surface area contributed by atoms with Crippen molar-refractivity contribution in [2.45, 2.75) is 0 Å². The van der Waals surface area contributed by atoms with Gasteiger partial charge in [-0.1, -0.05) is 0 Å². The Morgan fingerprint density at radius 3 is 2.81 bits per heavy atom. The van der Waals surface area contributed by atoms with E-state index in [-0.39, 0.29) is 5.91 Å². The molecular weight excluding hydrogens is 244 g/mol. The monoisotopic (exact) mass is 258 g/mol. The maximum atomic E-state index is 11.7. The molecule has 2 heterocycles. The lowest BCUT2D eigenvalue weighted by molar-refractivity contribution is 0.0964. The average Bonchev–Trinajstić information content (AvgIpc) is 2.71. The van der Waals surface area contributed by atoms with Crippen LogP contribution in [-0.4, -0.2) is 41.9 Å². The van der Waals surface area contributed by atoms with E-state index < -0.39 is 0 Å². The highest BCUT2D eigenvalue weighted by Gasteiger charge is 2.23. The molecule has 1 fully saturated rings. The van der Waals surface area contributed by atoms with Gasteiger partial charge in [0, 0.05) is 31.6 Å². The first kappa shape index (κ1) is 11.5. The van der Waals surface area contributed by atoms with E-state index in [9.17, 15) is 4.79 Å². The summed E-state index contributed by atoms with van der Waals surface area (Å²) in [6, 6.07) is 0. The minimum atomic E-state index is -0.153. The fourth-order valence-electron chi connectivity index (χ4n) is 1.61. The molecule has 2 rings (SSSR count). The smallest absolute Gasteiger partial charge is 0.257 e. The lowest BCUT2D eigenvalue weighted by atomic mass is 10.2. The molecule has 16 heavy (non-hydrogen) atoms. The number of nitrogens with one attached hydrogen (secondary N) is 1. The normalized spacial score (nSPS) is 16.2. The first-order valence-corrected chi connectivity index (χ1v) is 6.96. The zero-order chi connectivity index (χ0) is 11.5. The molecule has 7 heteroatoms. The lowest BCUT2D eigenvalue weighted by Gasteiger charge is -2.27. The second kappa shape index (κ2) is 4.92. The molecule has 0 spiro atoms. The van der Waals surface area contributed by atoms with Gasteiger partial charge in [0.25, 0.3) is 5.91 Å². The Morgan fingerprint density at radius 2 is 2.19 bits per heavy atom.